The van der Waals surface area contributed by atoms with Gasteiger partial charge in [0.05, 0.1) is 15.8 Å². The summed E-state index contributed by atoms with van der Waals surface area (Å²) in [6, 6.07) is 23.5. The van der Waals surface area contributed by atoms with Crippen LogP contribution < -0.4 is 5.32 Å². The molecule has 1 amide bonds. The molecular formula is C27H24ClN3O2S. The van der Waals surface area contributed by atoms with Gasteiger partial charge < -0.3 is 14.4 Å². The summed E-state index contributed by atoms with van der Waals surface area (Å²) in [5, 5.41) is 8.27. The molecule has 2 aromatic carbocycles. The van der Waals surface area contributed by atoms with Crippen molar-refractivity contribution in [3.63, 3.8) is 0 Å². The topological polar surface area (TPSA) is 60.1 Å². The van der Waals surface area contributed by atoms with Crippen LogP contribution in [0.2, 0.25) is 4.34 Å². The predicted octanol–water partition coefficient (Wildman–Crippen LogP) is 7.61. The van der Waals surface area contributed by atoms with Crippen LogP contribution in [0.3, 0.4) is 0 Å². The highest BCUT2D eigenvalue weighted by molar-refractivity contribution is 7.19. The number of anilines is 1. The van der Waals surface area contributed by atoms with Gasteiger partial charge >= 0.3 is 0 Å². The molecule has 0 unspecified atom stereocenters. The van der Waals surface area contributed by atoms with Crippen LogP contribution in [0.15, 0.2) is 77.3 Å². The molecule has 0 fully saturated rings. The SMILES string of the molecule is CC(C)(C)c1ccc(NC(=O)c2cc3ccccc3n2Cc2cc(-c3ccc(Cl)s3)on2)cc1. The number of nitrogens with zero attached hydrogens (tertiary/aromatic N) is 2. The number of para-hydroxylation sites is 1. The maximum Gasteiger partial charge on any atom is 0.272 e. The lowest BCUT2D eigenvalue weighted by Crippen LogP contribution is -2.18. The van der Waals surface area contributed by atoms with Crippen LogP contribution in [0, 0.1) is 0 Å². The van der Waals surface area contributed by atoms with Gasteiger partial charge in [-0.25, -0.2) is 0 Å². The monoisotopic (exact) mass is 489 g/mol. The van der Waals surface area contributed by atoms with E-state index in [9.17, 15) is 4.79 Å². The van der Waals surface area contributed by atoms with Crippen LogP contribution in [-0.4, -0.2) is 15.6 Å². The lowest BCUT2D eigenvalue weighted by atomic mass is 9.87. The van der Waals surface area contributed by atoms with Crippen molar-refractivity contribution in [2.75, 3.05) is 5.32 Å². The lowest BCUT2D eigenvalue weighted by molar-refractivity contribution is 0.101. The standard InChI is InChI=1S/C27H24ClN3O2S/c1-27(2,3)18-8-10-19(11-9-18)29-26(32)22-14-17-6-4-5-7-21(17)31(22)16-20-15-23(33-30-20)24-12-13-25(28)34-24/h4-15H,16H2,1-3H3,(H,29,32). The number of benzene rings is 2. The Morgan fingerprint density at radius 2 is 1.82 bits per heavy atom. The Hall–Kier alpha value is -3.35. The molecule has 0 bridgehead atoms. The van der Waals surface area contributed by atoms with Gasteiger partial charge in [-0.1, -0.05) is 67.9 Å². The van der Waals surface area contributed by atoms with Crippen molar-refractivity contribution in [1.82, 2.24) is 9.72 Å². The number of nitrogens with one attached hydrogen (secondary N) is 1. The molecule has 3 heterocycles. The van der Waals surface area contributed by atoms with Crippen LogP contribution in [0.5, 0.6) is 0 Å². The Labute approximate surface area is 207 Å². The number of amides is 1. The molecule has 5 rings (SSSR count). The minimum Gasteiger partial charge on any atom is -0.355 e. The molecule has 5 nitrogen and oxygen atoms in total. The number of fused-ring (bicyclic) bond motifs is 1. The van der Waals surface area contributed by atoms with E-state index in [0.29, 0.717) is 22.3 Å². The molecule has 5 aromatic rings. The Kier molecular flexibility index (Phi) is 5.80. The molecule has 0 aliphatic carbocycles. The summed E-state index contributed by atoms with van der Waals surface area (Å²) in [7, 11) is 0. The zero-order valence-electron chi connectivity index (χ0n) is 19.1. The maximum atomic E-state index is 13.3. The van der Waals surface area contributed by atoms with Crippen molar-refractivity contribution in [2.45, 2.75) is 32.7 Å². The fourth-order valence-corrected chi connectivity index (χ4v) is 4.92. The van der Waals surface area contributed by atoms with E-state index < -0.39 is 0 Å². The Bertz CT molecular complexity index is 1470. The second-order valence-corrected chi connectivity index (χ2v) is 11.0. The summed E-state index contributed by atoms with van der Waals surface area (Å²) in [4.78, 5) is 14.2. The Morgan fingerprint density at radius 1 is 1.06 bits per heavy atom. The molecule has 0 saturated carbocycles. The first kappa shape index (κ1) is 22.4. The van der Waals surface area contributed by atoms with E-state index >= 15 is 0 Å². The number of carbonyl (C=O) groups is 1. The van der Waals surface area contributed by atoms with Gasteiger partial charge in [0.1, 0.15) is 11.4 Å². The van der Waals surface area contributed by atoms with Crippen molar-refractivity contribution < 1.29 is 9.32 Å². The third-order valence-corrected chi connectivity index (χ3v) is 6.99. The quantitative estimate of drug-likeness (QED) is 0.276. The average molecular weight is 490 g/mol. The van der Waals surface area contributed by atoms with E-state index in [1.807, 2.05) is 65.2 Å². The molecule has 0 radical (unpaired) electrons. The van der Waals surface area contributed by atoms with Crippen molar-refractivity contribution >= 4 is 45.4 Å². The first-order chi connectivity index (χ1) is 16.3. The van der Waals surface area contributed by atoms with Gasteiger partial charge in [-0.15, -0.1) is 11.3 Å². The van der Waals surface area contributed by atoms with Gasteiger partial charge in [0, 0.05) is 22.7 Å². The van der Waals surface area contributed by atoms with E-state index in [2.05, 4.69) is 43.4 Å². The fraction of sp³-hybridized carbons (Fsp3) is 0.185. The molecule has 34 heavy (non-hydrogen) atoms. The van der Waals surface area contributed by atoms with Crippen LogP contribution in [0.1, 0.15) is 42.5 Å². The lowest BCUT2D eigenvalue weighted by Gasteiger charge is -2.19. The van der Waals surface area contributed by atoms with E-state index in [1.54, 1.807) is 0 Å². The van der Waals surface area contributed by atoms with Crippen LogP contribution in [0.4, 0.5) is 5.69 Å². The first-order valence-electron chi connectivity index (χ1n) is 11.0. The summed E-state index contributed by atoms with van der Waals surface area (Å²) < 4.78 is 8.21. The normalized spacial score (nSPS) is 11.8. The molecule has 7 heteroatoms. The second-order valence-electron chi connectivity index (χ2n) is 9.24. The van der Waals surface area contributed by atoms with Gasteiger partial charge in [-0.05, 0) is 47.4 Å². The van der Waals surface area contributed by atoms with Crippen molar-refractivity contribution in [2.24, 2.45) is 0 Å². The van der Waals surface area contributed by atoms with E-state index in [4.69, 9.17) is 16.1 Å². The number of aromatic nitrogens is 2. The molecule has 0 saturated heterocycles. The number of halogens is 1. The highest BCUT2D eigenvalue weighted by atomic mass is 35.5. The van der Waals surface area contributed by atoms with Gasteiger partial charge in [-0.2, -0.15) is 0 Å². The third-order valence-electron chi connectivity index (χ3n) is 5.75. The summed E-state index contributed by atoms with van der Waals surface area (Å²) in [5.41, 5.74) is 4.27. The minimum absolute atomic E-state index is 0.0554. The maximum absolute atomic E-state index is 13.3. The van der Waals surface area contributed by atoms with E-state index in [0.717, 1.165) is 27.2 Å². The van der Waals surface area contributed by atoms with E-state index in [-0.39, 0.29) is 11.3 Å². The molecule has 0 atom stereocenters. The smallest absolute Gasteiger partial charge is 0.272 e. The van der Waals surface area contributed by atoms with Gasteiger partial charge in [0.15, 0.2) is 5.76 Å². The number of hydrogen-bond donors (Lipinski definition) is 1. The number of rotatable bonds is 5. The van der Waals surface area contributed by atoms with Gasteiger partial charge in [0.25, 0.3) is 5.91 Å². The van der Waals surface area contributed by atoms with Crippen LogP contribution >= 0.6 is 22.9 Å². The number of thiophene rings is 1. The summed E-state index contributed by atoms with van der Waals surface area (Å²) in [5.74, 6) is 0.488. The summed E-state index contributed by atoms with van der Waals surface area (Å²) >= 11 is 7.50. The highest BCUT2D eigenvalue weighted by Gasteiger charge is 2.19. The van der Waals surface area contributed by atoms with E-state index in [1.165, 1.54) is 16.9 Å². The first-order valence-corrected chi connectivity index (χ1v) is 12.2. The van der Waals surface area contributed by atoms with Crippen molar-refractivity contribution in [3.8, 4) is 10.6 Å². The molecule has 0 aliphatic rings. The number of hydrogen-bond acceptors (Lipinski definition) is 4. The Morgan fingerprint density at radius 3 is 2.53 bits per heavy atom. The molecule has 172 valence electrons. The fourth-order valence-electron chi connectivity index (χ4n) is 3.93. The third kappa shape index (κ3) is 4.52. The molecular weight excluding hydrogens is 466 g/mol. The molecule has 3 aromatic heterocycles. The van der Waals surface area contributed by atoms with Crippen molar-refractivity contribution in [3.05, 3.63) is 94.1 Å². The zero-order valence-corrected chi connectivity index (χ0v) is 20.7. The number of carbonyl (C=O) groups excluding carboxylic acids is 1. The average Bonchev–Trinajstić information content (AvgIpc) is 3.53. The largest absolute Gasteiger partial charge is 0.355 e. The van der Waals surface area contributed by atoms with Gasteiger partial charge in [0.2, 0.25) is 0 Å². The molecule has 1 N–H and O–H groups in total. The molecule has 0 spiro atoms. The summed E-state index contributed by atoms with van der Waals surface area (Å²) in [6.45, 7) is 6.91. The highest BCUT2D eigenvalue weighted by Crippen LogP contribution is 2.32. The van der Waals surface area contributed by atoms with Crippen molar-refractivity contribution in [1.29, 1.82) is 0 Å². The van der Waals surface area contributed by atoms with Crippen LogP contribution in [-0.2, 0) is 12.0 Å². The van der Waals surface area contributed by atoms with Gasteiger partial charge in [-0.3, -0.25) is 4.79 Å². The molecule has 0 aliphatic heterocycles. The van der Waals surface area contributed by atoms with Crippen LogP contribution in [0.25, 0.3) is 21.5 Å². The zero-order chi connectivity index (χ0) is 23.9. The second kappa shape index (κ2) is 8.78. The predicted molar refractivity (Wildman–Crippen MR) is 139 cm³/mol. The minimum atomic E-state index is -0.173. The summed E-state index contributed by atoms with van der Waals surface area (Å²) in [6.07, 6.45) is 0. The Balaban J connectivity index is 1.44.